The van der Waals surface area contributed by atoms with Gasteiger partial charge in [-0.3, -0.25) is 9.59 Å². The van der Waals surface area contributed by atoms with Crippen LogP contribution in [0.1, 0.15) is 36.8 Å². The SMILES string of the molecule is CN(CC(=O)N(Cc1ccccc1F)[C@H](Cc1ccccc1)C(=O)NC1CCCC1)S(=O)(=O)c1ccc2ccccc2c1. The largest absolute Gasteiger partial charge is 0.352 e. The second kappa shape index (κ2) is 13.5. The Kier molecular flexibility index (Phi) is 9.52. The van der Waals surface area contributed by atoms with E-state index in [1.54, 1.807) is 30.3 Å². The molecule has 0 spiro atoms. The fourth-order valence-electron chi connectivity index (χ4n) is 5.61. The maximum absolute atomic E-state index is 14.9. The van der Waals surface area contributed by atoms with Gasteiger partial charge in [0, 0.05) is 31.6 Å². The summed E-state index contributed by atoms with van der Waals surface area (Å²) in [5.74, 6) is -1.44. The monoisotopic (exact) mass is 601 g/mol. The first kappa shape index (κ1) is 30.4. The molecule has 2 amide bonds. The Bertz CT molecular complexity index is 1690. The van der Waals surface area contributed by atoms with Crippen LogP contribution < -0.4 is 5.32 Å². The van der Waals surface area contributed by atoms with Crippen molar-refractivity contribution < 1.29 is 22.4 Å². The van der Waals surface area contributed by atoms with Gasteiger partial charge in [0.05, 0.1) is 11.4 Å². The van der Waals surface area contributed by atoms with Crippen LogP contribution in [0.25, 0.3) is 10.8 Å². The predicted molar refractivity (Wildman–Crippen MR) is 165 cm³/mol. The number of sulfonamides is 1. The Balaban J connectivity index is 1.46. The lowest BCUT2D eigenvalue weighted by Crippen LogP contribution is -2.54. The van der Waals surface area contributed by atoms with Crippen LogP contribution in [-0.2, 0) is 32.6 Å². The van der Waals surface area contributed by atoms with Crippen LogP contribution in [0.4, 0.5) is 4.39 Å². The minimum atomic E-state index is -4.05. The van der Waals surface area contributed by atoms with Crippen LogP contribution in [0.5, 0.6) is 0 Å². The lowest BCUT2D eigenvalue weighted by atomic mass is 10.0. The van der Waals surface area contributed by atoms with E-state index >= 15 is 0 Å². The van der Waals surface area contributed by atoms with Crippen LogP contribution >= 0.6 is 0 Å². The van der Waals surface area contributed by atoms with Crippen LogP contribution in [-0.4, -0.2) is 55.1 Å². The molecule has 0 saturated heterocycles. The number of amides is 2. The lowest BCUT2D eigenvalue weighted by molar-refractivity contribution is -0.141. The summed E-state index contributed by atoms with van der Waals surface area (Å²) in [6.07, 6.45) is 3.95. The number of hydrogen-bond donors (Lipinski definition) is 1. The average molecular weight is 602 g/mol. The van der Waals surface area contributed by atoms with E-state index in [1.165, 1.54) is 24.1 Å². The van der Waals surface area contributed by atoms with Gasteiger partial charge in [-0.1, -0.05) is 91.7 Å². The molecule has 5 rings (SSSR count). The summed E-state index contributed by atoms with van der Waals surface area (Å²) in [6, 6.07) is 26.7. The number of rotatable bonds is 11. The van der Waals surface area contributed by atoms with Gasteiger partial charge in [0.15, 0.2) is 0 Å². The van der Waals surface area contributed by atoms with Crippen molar-refractivity contribution >= 4 is 32.6 Å². The number of nitrogens with zero attached hydrogens (tertiary/aromatic N) is 2. The third-order valence-electron chi connectivity index (χ3n) is 8.06. The molecule has 1 aliphatic carbocycles. The van der Waals surface area contributed by atoms with Gasteiger partial charge in [0.1, 0.15) is 11.9 Å². The van der Waals surface area contributed by atoms with Crippen molar-refractivity contribution in [3.63, 3.8) is 0 Å². The van der Waals surface area contributed by atoms with E-state index in [2.05, 4.69) is 5.32 Å². The van der Waals surface area contributed by atoms with Gasteiger partial charge in [0.25, 0.3) is 0 Å². The molecule has 4 aromatic carbocycles. The number of hydrogen-bond acceptors (Lipinski definition) is 4. The van der Waals surface area contributed by atoms with Crippen LogP contribution in [0.15, 0.2) is 102 Å². The first-order chi connectivity index (χ1) is 20.7. The Morgan fingerprint density at radius 1 is 0.884 bits per heavy atom. The normalized spacial score (nSPS) is 14.6. The van der Waals surface area contributed by atoms with E-state index in [1.807, 2.05) is 54.6 Å². The molecule has 43 heavy (non-hydrogen) atoms. The molecule has 0 unspecified atom stereocenters. The highest BCUT2D eigenvalue weighted by Crippen LogP contribution is 2.23. The molecule has 0 bridgehead atoms. The molecule has 9 heteroatoms. The molecule has 1 saturated carbocycles. The van der Waals surface area contributed by atoms with Gasteiger partial charge < -0.3 is 10.2 Å². The molecule has 4 aromatic rings. The summed E-state index contributed by atoms with van der Waals surface area (Å²) in [4.78, 5) is 29.3. The highest BCUT2D eigenvalue weighted by molar-refractivity contribution is 7.89. The molecule has 224 valence electrons. The van der Waals surface area contributed by atoms with Gasteiger partial charge in [-0.05, 0) is 47.4 Å². The van der Waals surface area contributed by atoms with Crippen LogP contribution in [0.3, 0.4) is 0 Å². The minimum absolute atomic E-state index is 0.00661. The fourth-order valence-corrected chi connectivity index (χ4v) is 6.76. The first-order valence-corrected chi connectivity index (χ1v) is 16.0. The number of likely N-dealkylation sites (N-methyl/N-ethyl adjacent to an activating group) is 1. The van der Waals surface area contributed by atoms with Crippen molar-refractivity contribution in [1.29, 1.82) is 0 Å². The number of halogens is 1. The zero-order valence-electron chi connectivity index (χ0n) is 24.2. The second-order valence-corrected chi connectivity index (χ2v) is 13.1. The molecule has 0 aliphatic heterocycles. The number of carbonyl (C=O) groups excluding carboxylic acids is 2. The molecule has 1 N–H and O–H groups in total. The van der Waals surface area contributed by atoms with E-state index in [9.17, 15) is 22.4 Å². The molecule has 0 aromatic heterocycles. The summed E-state index contributed by atoms with van der Waals surface area (Å²) < 4.78 is 43.1. The highest BCUT2D eigenvalue weighted by atomic mass is 32.2. The van der Waals surface area contributed by atoms with E-state index in [0.29, 0.717) is 0 Å². The van der Waals surface area contributed by atoms with Crippen molar-refractivity contribution in [3.05, 3.63) is 114 Å². The molecule has 7 nitrogen and oxygen atoms in total. The molecule has 0 heterocycles. The summed E-state index contributed by atoms with van der Waals surface area (Å²) in [5, 5.41) is 4.76. The molecule has 1 fully saturated rings. The summed E-state index contributed by atoms with van der Waals surface area (Å²) in [7, 11) is -2.71. The molecule has 1 aliphatic rings. The third kappa shape index (κ3) is 7.29. The van der Waals surface area contributed by atoms with E-state index in [-0.39, 0.29) is 35.4 Å². The summed E-state index contributed by atoms with van der Waals surface area (Å²) in [5.41, 5.74) is 1.07. The molecule has 0 radical (unpaired) electrons. The third-order valence-corrected chi connectivity index (χ3v) is 9.86. The average Bonchev–Trinajstić information content (AvgIpc) is 3.53. The topological polar surface area (TPSA) is 86.8 Å². The van der Waals surface area contributed by atoms with Crippen molar-refractivity contribution in [2.45, 2.75) is 55.6 Å². The zero-order chi connectivity index (χ0) is 30.4. The standard InChI is InChI=1S/C34H36FN3O4S/c1-37(43(41,42)30-20-19-26-13-5-6-14-27(26)22-30)24-33(39)38(23-28-15-7-10-18-31(28)35)32(21-25-11-3-2-4-12-25)34(40)36-29-16-8-9-17-29/h2-7,10-15,18-20,22,29,32H,8-9,16-17,21,23-24H2,1H3,(H,36,40)/t32-/m1/s1. The van der Waals surface area contributed by atoms with Crippen LogP contribution in [0, 0.1) is 5.82 Å². The Labute approximate surface area is 252 Å². The minimum Gasteiger partial charge on any atom is -0.352 e. The van der Waals surface area contributed by atoms with Crippen molar-refractivity contribution in [2.24, 2.45) is 0 Å². The van der Waals surface area contributed by atoms with E-state index in [4.69, 9.17) is 0 Å². The Morgan fingerprint density at radius 3 is 2.26 bits per heavy atom. The Hall–Kier alpha value is -4.08. The smallest absolute Gasteiger partial charge is 0.243 e. The number of carbonyl (C=O) groups is 2. The maximum atomic E-state index is 14.9. The van der Waals surface area contributed by atoms with Gasteiger partial charge in [0.2, 0.25) is 21.8 Å². The quantitative estimate of drug-likeness (QED) is 0.253. The number of benzene rings is 4. The second-order valence-electron chi connectivity index (χ2n) is 11.1. The summed E-state index contributed by atoms with van der Waals surface area (Å²) >= 11 is 0. The number of fused-ring (bicyclic) bond motifs is 1. The van der Waals surface area contributed by atoms with Crippen molar-refractivity contribution in [1.82, 2.24) is 14.5 Å². The van der Waals surface area contributed by atoms with Gasteiger partial charge >= 0.3 is 0 Å². The van der Waals surface area contributed by atoms with Gasteiger partial charge in [-0.25, -0.2) is 12.8 Å². The number of nitrogens with one attached hydrogen (secondary N) is 1. The van der Waals surface area contributed by atoms with Gasteiger partial charge in [-0.2, -0.15) is 4.31 Å². The first-order valence-electron chi connectivity index (χ1n) is 14.5. The van der Waals surface area contributed by atoms with Crippen molar-refractivity contribution in [2.75, 3.05) is 13.6 Å². The fraction of sp³-hybridized carbons (Fsp3) is 0.294. The highest BCUT2D eigenvalue weighted by Gasteiger charge is 2.34. The van der Waals surface area contributed by atoms with Gasteiger partial charge in [-0.15, -0.1) is 0 Å². The predicted octanol–water partition coefficient (Wildman–Crippen LogP) is 5.30. The maximum Gasteiger partial charge on any atom is 0.243 e. The van der Waals surface area contributed by atoms with Crippen molar-refractivity contribution in [3.8, 4) is 0 Å². The Morgan fingerprint density at radius 2 is 1.53 bits per heavy atom. The molecular weight excluding hydrogens is 565 g/mol. The van der Waals surface area contributed by atoms with Crippen LogP contribution in [0.2, 0.25) is 0 Å². The summed E-state index contributed by atoms with van der Waals surface area (Å²) in [6.45, 7) is -0.712. The van der Waals surface area contributed by atoms with E-state index < -0.39 is 34.3 Å². The molecule has 1 atom stereocenters. The lowest BCUT2D eigenvalue weighted by Gasteiger charge is -2.33. The molecular formula is C34H36FN3O4S. The zero-order valence-corrected chi connectivity index (χ0v) is 25.0. The van der Waals surface area contributed by atoms with E-state index in [0.717, 1.165) is 46.3 Å².